The van der Waals surface area contributed by atoms with Crippen LogP contribution in [0, 0.1) is 12.3 Å². The van der Waals surface area contributed by atoms with E-state index in [0.29, 0.717) is 11.7 Å². The van der Waals surface area contributed by atoms with Gasteiger partial charge in [0.15, 0.2) is 0 Å². The van der Waals surface area contributed by atoms with Crippen LogP contribution in [0.4, 0.5) is 0 Å². The number of nitrogens with two attached hydrogens (primary N) is 1. The Labute approximate surface area is 115 Å². The van der Waals surface area contributed by atoms with Gasteiger partial charge in [0.1, 0.15) is 11.5 Å². The van der Waals surface area contributed by atoms with E-state index in [9.17, 15) is 0 Å². The second kappa shape index (κ2) is 7.71. The van der Waals surface area contributed by atoms with E-state index in [1.54, 1.807) is 6.07 Å². The van der Waals surface area contributed by atoms with Crippen molar-refractivity contribution in [2.75, 3.05) is 0 Å². The van der Waals surface area contributed by atoms with Gasteiger partial charge < -0.3 is 10.5 Å². The SMILES string of the molecule is CCCCCCC(C)Oc1nc(C)cc(C(=N)N)n1. The summed E-state index contributed by atoms with van der Waals surface area (Å²) in [6.45, 7) is 6.06. The Hall–Kier alpha value is -1.65. The molecular weight excluding hydrogens is 240 g/mol. The molecule has 0 saturated carbocycles. The van der Waals surface area contributed by atoms with Crippen molar-refractivity contribution < 1.29 is 4.74 Å². The average Bonchev–Trinajstić information content (AvgIpc) is 2.34. The molecule has 0 spiro atoms. The molecule has 0 aliphatic rings. The molecule has 0 aliphatic heterocycles. The third-order valence-electron chi connectivity index (χ3n) is 2.88. The first kappa shape index (κ1) is 15.4. The van der Waals surface area contributed by atoms with Crippen LogP contribution in [0.3, 0.4) is 0 Å². The summed E-state index contributed by atoms with van der Waals surface area (Å²) in [7, 11) is 0. The Bertz CT molecular complexity index is 420. The summed E-state index contributed by atoms with van der Waals surface area (Å²) in [5.41, 5.74) is 6.61. The maximum absolute atomic E-state index is 7.40. The monoisotopic (exact) mass is 264 g/mol. The van der Waals surface area contributed by atoms with Crippen molar-refractivity contribution in [1.29, 1.82) is 5.41 Å². The lowest BCUT2D eigenvalue weighted by molar-refractivity contribution is 0.189. The Kier molecular flexibility index (Phi) is 6.25. The lowest BCUT2D eigenvalue weighted by atomic mass is 10.1. The number of nitrogens with zero attached hydrogens (tertiary/aromatic N) is 2. The maximum atomic E-state index is 7.40. The number of hydrogen-bond donors (Lipinski definition) is 2. The van der Waals surface area contributed by atoms with Crippen molar-refractivity contribution in [1.82, 2.24) is 9.97 Å². The molecule has 0 aromatic carbocycles. The molecule has 19 heavy (non-hydrogen) atoms. The molecule has 0 amide bonds. The summed E-state index contributed by atoms with van der Waals surface area (Å²) >= 11 is 0. The van der Waals surface area contributed by atoms with Crippen molar-refractivity contribution in [3.8, 4) is 6.01 Å². The zero-order valence-corrected chi connectivity index (χ0v) is 12.1. The molecule has 0 aliphatic carbocycles. The highest BCUT2D eigenvalue weighted by Crippen LogP contribution is 2.12. The number of aryl methyl sites for hydroxylation is 1. The summed E-state index contributed by atoms with van der Waals surface area (Å²) in [5, 5.41) is 7.40. The highest BCUT2D eigenvalue weighted by atomic mass is 16.5. The lowest BCUT2D eigenvalue weighted by Crippen LogP contribution is -2.18. The van der Waals surface area contributed by atoms with E-state index in [2.05, 4.69) is 16.9 Å². The van der Waals surface area contributed by atoms with Gasteiger partial charge in [-0.2, -0.15) is 4.98 Å². The second-order valence-electron chi connectivity index (χ2n) is 4.87. The van der Waals surface area contributed by atoms with Crippen molar-refractivity contribution >= 4 is 5.84 Å². The number of amidine groups is 1. The summed E-state index contributed by atoms with van der Waals surface area (Å²) in [6.07, 6.45) is 5.96. The number of aromatic nitrogens is 2. The molecule has 1 atom stereocenters. The normalized spacial score (nSPS) is 12.2. The van der Waals surface area contributed by atoms with Crippen LogP contribution in [0.1, 0.15) is 57.3 Å². The zero-order chi connectivity index (χ0) is 14.3. The Balaban J connectivity index is 2.53. The van der Waals surface area contributed by atoms with E-state index < -0.39 is 0 Å². The standard InChI is InChI=1S/C14H24N4O/c1-4-5-6-7-8-11(3)19-14-17-10(2)9-12(18-14)13(15)16/h9,11H,4-8H2,1-3H3,(H3,15,16). The van der Waals surface area contributed by atoms with Gasteiger partial charge in [0, 0.05) is 5.69 Å². The number of unbranched alkanes of at least 4 members (excludes halogenated alkanes) is 3. The molecule has 1 rings (SSSR count). The summed E-state index contributed by atoms with van der Waals surface area (Å²) in [5.74, 6) is -0.0639. The molecule has 5 nitrogen and oxygen atoms in total. The first-order chi connectivity index (χ1) is 9.02. The first-order valence-corrected chi connectivity index (χ1v) is 6.89. The molecular formula is C14H24N4O. The highest BCUT2D eigenvalue weighted by Gasteiger charge is 2.09. The predicted molar refractivity (Wildman–Crippen MR) is 76.6 cm³/mol. The minimum absolute atomic E-state index is 0.0639. The fourth-order valence-electron chi connectivity index (χ4n) is 1.83. The third kappa shape index (κ3) is 5.68. The third-order valence-corrected chi connectivity index (χ3v) is 2.88. The van der Waals surface area contributed by atoms with Crippen molar-refractivity contribution in [2.24, 2.45) is 5.73 Å². The van der Waals surface area contributed by atoms with E-state index >= 15 is 0 Å². The minimum Gasteiger partial charge on any atom is -0.460 e. The van der Waals surface area contributed by atoms with E-state index in [1.165, 1.54) is 19.3 Å². The predicted octanol–water partition coefficient (Wildman–Crippen LogP) is 2.81. The molecule has 1 unspecified atom stereocenters. The van der Waals surface area contributed by atoms with Crippen LogP contribution in [0.25, 0.3) is 0 Å². The molecule has 106 valence electrons. The van der Waals surface area contributed by atoms with Gasteiger partial charge in [0.25, 0.3) is 0 Å². The minimum atomic E-state index is -0.0639. The quantitative estimate of drug-likeness (QED) is 0.429. The largest absolute Gasteiger partial charge is 0.460 e. The Morgan fingerprint density at radius 3 is 2.74 bits per heavy atom. The summed E-state index contributed by atoms with van der Waals surface area (Å²) < 4.78 is 5.69. The molecule has 5 heteroatoms. The number of nitrogen functional groups attached to an aromatic ring is 1. The number of hydrogen-bond acceptors (Lipinski definition) is 4. The smallest absolute Gasteiger partial charge is 0.317 e. The lowest BCUT2D eigenvalue weighted by Gasteiger charge is -2.13. The molecule has 1 aromatic heterocycles. The molecule has 0 radical (unpaired) electrons. The molecule has 1 aromatic rings. The van der Waals surface area contributed by atoms with Gasteiger partial charge in [-0.25, -0.2) is 4.98 Å². The molecule has 0 fully saturated rings. The van der Waals surface area contributed by atoms with Crippen LogP contribution in [0.5, 0.6) is 6.01 Å². The average molecular weight is 264 g/mol. The van der Waals surface area contributed by atoms with Gasteiger partial charge in [0.05, 0.1) is 6.10 Å². The van der Waals surface area contributed by atoms with Gasteiger partial charge in [-0.3, -0.25) is 5.41 Å². The fourth-order valence-corrected chi connectivity index (χ4v) is 1.83. The van der Waals surface area contributed by atoms with E-state index in [0.717, 1.165) is 18.5 Å². The van der Waals surface area contributed by atoms with Gasteiger partial charge in [-0.1, -0.05) is 26.2 Å². The number of rotatable bonds is 8. The Morgan fingerprint density at radius 1 is 1.37 bits per heavy atom. The molecule has 0 saturated heterocycles. The van der Waals surface area contributed by atoms with Crippen LogP contribution < -0.4 is 10.5 Å². The first-order valence-electron chi connectivity index (χ1n) is 6.89. The fraction of sp³-hybridized carbons (Fsp3) is 0.643. The number of ether oxygens (including phenoxy) is 1. The number of nitrogens with one attached hydrogen (secondary N) is 1. The summed E-state index contributed by atoms with van der Waals surface area (Å²) in [6, 6.07) is 1.99. The van der Waals surface area contributed by atoms with E-state index in [4.69, 9.17) is 15.9 Å². The maximum Gasteiger partial charge on any atom is 0.317 e. The van der Waals surface area contributed by atoms with E-state index in [-0.39, 0.29) is 11.9 Å². The highest BCUT2D eigenvalue weighted by molar-refractivity contribution is 5.93. The van der Waals surface area contributed by atoms with Crippen LogP contribution in [0.15, 0.2) is 6.07 Å². The molecule has 3 N–H and O–H groups in total. The Morgan fingerprint density at radius 2 is 2.11 bits per heavy atom. The van der Waals surface area contributed by atoms with Crippen molar-refractivity contribution in [3.63, 3.8) is 0 Å². The van der Waals surface area contributed by atoms with Gasteiger partial charge in [-0.05, 0) is 32.8 Å². The van der Waals surface area contributed by atoms with Gasteiger partial charge in [-0.15, -0.1) is 0 Å². The van der Waals surface area contributed by atoms with Crippen LogP contribution in [-0.2, 0) is 0 Å². The van der Waals surface area contributed by atoms with Crippen LogP contribution in [-0.4, -0.2) is 21.9 Å². The zero-order valence-electron chi connectivity index (χ0n) is 12.1. The topological polar surface area (TPSA) is 84.9 Å². The van der Waals surface area contributed by atoms with Crippen molar-refractivity contribution in [3.05, 3.63) is 17.5 Å². The van der Waals surface area contributed by atoms with Crippen LogP contribution in [0.2, 0.25) is 0 Å². The van der Waals surface area contributed by atoms with Gasteiger partial charge in [0.2, 0.25) is 0 Å². The molecule has 1 heterocycles. The van der Waals surface area contributed by atoms with Crippen molar-refractivity contribution in [2.45, 2.75) is 59.0 Å². The second-order valence-corrected chi connectivity index (χ2v) is 4.87. The van der Waals surface area contributed by atoms with Crippen LogP contribution >= 0.6 is 0 Å². The molecule has 0 bridgehead atoms. The van der Waals surface area contributed by atoms with Gasteiger partial charge >= 0.3 is 6.01 Å². The summed E-state index contributed by atoms with van der Waals surface area (Å²) in [4.78, 5) is 8.35. The van der Waals surface area contributed by atoms with E-state index in [1.807, 2.05) is 13.8 Å².